The third-order valence-corrected chi connectivity index (χ3v) is 7.47. The van der Waals surface area contributed by atoms with Crippen LogP contribution < -0.4 is 20.1 Å². The van der Waals surface area contributed by atoms with Gasteiger partial charge in [0.25, 0.3) is 11.8 Å². The second-order valence-corrected chi connectivity index (χ2v) is 11.7. The van der Waals surface area contributed by atoms with E-state index in [9.17, 15) is 44.7 Å². The molecule has 4 rings (SSSR count). The van der Waals surface area contributed by atoms with Gasteiger partial charge < -0.3 is 24.8 Å². The maximum Gasteiger partial charge on any atom is 0.417 e. The number of hydrogen-bond acceptors (Lipinski definition) is 7. The van der Waals surface area contributed by atoms with E-state index in [2.05, 4.69) is 10.6 Å². The standard InChI is InChI=1S/C36H26F8N4O5/c1-33(19-51-27-11-5-23(37)6-12-27,31(49)47-25-9-3-21(17-45)29(15-25)35(39,40)41)53-34(2,20-52-28-13-7-24(38)8-14-28)32(50)48-26-10-4-22(18-46)30(16-26)36(42,43)44/h3-16H,19-20H2,1-2H3,(H,47,49)(H,48,50). The van der Waals surface area contributed by atoms with Crippen LogP contribution >= 0.6 is 0 Å². The van der Waals surface area contributed by atoms with Crippen molar-refractivity contribution >= 4 is 23.2 Å². The molecule has 0 saturated carbocycles. The molecule has 0 saturated heterocycles. The summed E-state index contributed by atoms with van der Waals surface area (Å²) in [5.41, 5.74) is -9.89. The van der Waals surface area contributed by atoms with Crippen molar-refractivity contribution < 1.29 is 58.9 Å². The van der Waals surface area contributed by atoms with E-state index in [1.54, 1.807) is 0 Å². The SMILES string of the molecule is CC(COc1ccc(F)cc1)(OC(C)(COc1ccc(F)cc1)C(=O)Nc1ccc(C#N)c(C(F)(F)F)c1)C(=O)Nc1ccc(C#N)c(C(F)(F)F)c1. The Morgan fingerprint density at radius 2 is 0.943 bits per heavy atom. The quantitative estimate of drug-likeness (QED) is 0.140. The van der Waals surface area contributed by atoms with Crippen LogP contribution in [0.4, 0.5) is 46.5 Å². The number of halogens is 8. The minimum absolute atomic E-state index is 0.0160. The zero-order valence-electron chi connectivity index (χ0n) is 27.5. The molecule has 17 heteroatoms. The van der Waals surface area contributed by atoms with Crippen molar-refractivity contribution in [2.75, 3.05) is 23.8 Å². The Kier molecular flexibility index (Phi) is 11.6. The summed E-state index contributed by atoms with van der Waals surface area (Å²) in [6.45, 7) is 0.545. The Balaban J connectivity index is 1.76. The van der Waals surface area contributed by atoms with Crippen molar-refractivity contribution in [1.29, 1.82) is 10.5 Å². The molecule has 2 atom stereocenters. The summed E-state index contributed by atoms with van der Waals surface area (Å²) < 4.78 is 127. The zero-order valence-corrected chi connectivity index (χ0v) is 27.5. The van der Waals surface area contributed by atoms with Crippen molar-refractivity contribution in [3.05, 3.63) is 119 Å². The Morgan fingerprint density at radius 1 is 0.604 bits per heavy atom. The Hall–Kier alpha value is -6.20. The van der Waals surface area contributed by atoms with Crippen LogP contribution in [-0.4, -0.2) is 36.2 Å². The van der Waals surface area contributed by atoms with Gasteiger partial charge in [-0.2, -0.15) is 36.9 Å². The van der Waals surface area contributed by atoms with Gasteiger partial charge in [0.15, 0.2) is 11.2 Å². The molecule has 2 N–H and O–H groups in total. The number of anilines is 2. The molecule has 0 radical (unpaired) electrons. The highest BCUT2D eigenvalue weighted by molar-refractivity contribution is 6.00. The lowest BCUT2D eigenvalue weighted by molar-refractivity contribution is -0.183. The predicted octanol–water partition coefficient (Wildman–Crippen LogP) is 8.01. The molecular weight excluding hydrogens is 720 g/mol. The molecule has 0 aromatic heterocycles. The van der Waals surface area contributed by atoms with Crippen LogP contribution in [0.25, 0.3) is 0 Å². The average molecular weight is 747 g/mol. The number of hydrogen-bond donors (Lipinski definition) is 2. The van der Waals surface area contributed by atoms with Gasteiger partial charge in [-0.25, -0.2) is 8.78 Å². The number of carbonyl (C=O) groups is 2. The van der Waals surface area contributed by atoms with Crippen LogP contribution in [-0.2, 0) is 26.7 Å². The van der Waals surface area contributed by atoms with Gasteiger partial charge >= 0.3 is 12.4 Å². The van der Waals surface area contributed by atoms with Gasteiger partial charge in [-0.15, -0.1) is 0 Å². The molecule has 53 heavy (non-hydrogen) atoms. The van der Waals surface area contributed by atoms with Gasteiger partial charge in [-0.05, 0) is 98.8 Å². The lowest BCUT2D eigenvalue weighted by Crippen LogP contribution is -2.58. The Bertz CT molecular complexity index is 1910. The first-order valence-electron chi connectivity index (χ1n) is 15.1. The van der Waals surface area contributed by atoms with Crippen LogP contribution in [0.2, 0.25) is 0 Å². The van der Waals surface area contributed by atoms with Crippen molar-refractivity contribution in [2.45, 2.75) is 37.4 Å². The third kappa shape index (κ3) is 9.99. The molecule has 0 heterocycles. The van der Waals surface area contributed by atoms with Crippen LogP contribution in [0.15, 0.2) is 84.9 Å². The number of nitriles is 2. The van der Waals surface area contributed by atoms with E-state index in [0.717, 1.165) is 62.4 Å². The number of rotatable bonds is 12. The minimum atomic E-state index is -5.00. The summed E-state index contributed by atoms with van der Waals surface area (Å²) in [6.07, 6.45) is -9.99. The van der Waals surface area contributed by atoms with Gasteiger partial charge in [0.05, 0.1) is 34.4 Å². The molecule has 0 fully saturated rings. The number of amides is 2. The van der Waals surface area contributed by atoms with E-state index in [-0.39, 0.29) is 11.5 Å². The molecule has 0 aliphatic rings. The number of benzene rings is 4. The highest BCUT2D eigenvalue weighted by Crippen LogP contribution is 2.36. The lowest BCUT2D eigenvalue weighted by atomic mass is 10.00. The molecule has 2 amide bonds. The fourth-order valence-corrected chi connectivity index (χ4v) is 4.72. The maximum absolute atomic E-state index is 13.9. The van der Waals surface area contributed by atoms with E-state index in [1.807, 2.05) is 0 Å². The number of nitrogens with one attached hydrogen (secondary N) is 2. The largest absolute Gasteiger partial charge is 0.490 e. The molecule has 9 nitrogen and oxygen atoms in total. The summed E-state index contributed by atoms with van der Waals surface area (Å²) in [5.74, 6) is -3.74. The summed E-state index contributed by atoms with van der Waals surface area (Å²) in [6, 6.07) is 16.2. The molecule has 0 aliphatic heterocycles. The van der Waals surface area contributed by atoms with Gasteiger partial charge in [0.1, 0.15) is 36.3 Å². The predicted molar refractivity (Wildman–Crippen MR) is 171 cm³/mol. The van der Waals surface area contributed by atoms with Gasteiger partial charge in [0.2, 0.25) is 0 Å². The maximum atomic E-state index is 13.9. The van der Waals surface area contributed by atoms with E-state index in [0.29, 0.717) is 12.1 Å². The van der Waals surface area contributed by atoms with Gasteiger partial charge in [-0.1, -0.05) is 0 Å². The molecule has 2 unspecified atom stereocenters. The van der Waals surface area contributed by atoms with Gasteiger partial charge in [0, 0.05) is 11.4 Å². The second-order valence-electron chi connectivity index (χ2n) is 11.7. The van der Waals surface area contributed by atoms with Gasteiger partial charge in [-0.3, -0.25) is 9.59 Å². The number of alkyl halides is 6. The van der Waals surface area contributed by atoms with Crippen LogP contribution in [0, 0.1) is 34.3 Å². The van der Waals surface area contributed by atoms with Crippen LogP contribution in [0.1, 0.15) is 36.1 Å². The highest BCUT2D eigenvalue weighted by Gasteiger charge is 2.48. The Labute approximate surface area is 296 Å². The lowest BCUT2D eigenvalue weighted by Gasteiger charge is -2.38. The topological polar surface area (TPSA) is 133 Å². The molecule has 4 aromatic rings. The third-order valence-electron chi connectivity index (χ3n) is 7.47. The number of nitrogens with zero attached hydrogens (tertiary/aromatic N) is 2. The van der Waals surface area contributed by atoms with Crippen molar-refractivity contribution in [3.8, 4) is 23.6 Å². The summed E-state index contributed by atoms with van der Waals surface area (Å²) in [4.78, 5) is 27.9. The zero-order chi connectivity index (χ0) is 39.2. The van der Waals surface area contributed by atoms with E-state index in [4.69, 9.17) is 24.7 Å². The van der Waals surface area contributed by atoms with E-state index < -0.39 is 93.8 Å². The molecule has 4 aromatic carbocycles. The summed E-state index contributed by atoms with van der Waals surface area (Å²) in [5, 5.41) is 22.8. The van der Waals surface area contributed by atoms with Crippen LogP contribution in [0.3, 0.4) is 0 Å². The molecule has 0 aliphatic carbocycles. The summed E-state index contributed by atoms with van der Waals surface area (Å²) >= 11 is 0. The van der Waals surface area contributed by atoms with Crippen molar-refractivity contribution in [3.63, 3.8) is 0 Å². The number of carbonyl (C=O) groups excluding carboxylic acids is 2. The van der Waals surface area contributed by atoms with E-state index in [1.165, 1.54) is 36.4 Å². The number of ether oxygens (including phenoxy) is 3. The Morgan fingerprint density at radius 3 is 1.25 bits per heavy atom. The average Bonchev–Trinajstić information content (AvgIpc) is 3.10. The fourth-order valence-electron chi connectivity index (χ4n) is 4.72. The van der Waals surface area contributed by atoms with E-state index >= 15 is 0 Å². The second kappa shape index (κ2) is 15.6. The van der Waals surface area contributed by atoms with Crippen molar-refractivity contribution in [1.82, 2.24) is 0 Å². The fraction of sp³-hybridized carbons (Fsp3) is 0.222. The molecular formula is C36H26F8N4O5. The monoisotopic (exact) mass is 746 g/mol. The molecule has 0 spiro atoms. The normalized spacial score (nSPS) is 13.7. The first kappa shape index (κ1) is 39.6. The smallest absolute Gasteiger partial charge is 0.417 e. The minimum Gasteiger partial charge on any atom is -0.490 e. The molecule has 276 valence electrons. The van der Waals surface area contributed by atoms with Crippen LogP contribution in [0.5, 0.6) is 11.5 Å². The van der Waals surface area contributed by atoms with Crippen molar-refractivity contribution in [2.24, 2.45) is 0 Å². The highest BCUT2D eigenvalue weighted by atomic mass is 19.4. The first-order chi connectivity index (χ1) is 24.8. The first-order valence-corrected chi connectivity index (χ1v) is 15.1. The molecule has 0 bridgehead atoms. The summed E-state index contributed by atoms with van der Waals surface area (Å²) in [7, 11) is 0.